The van der Waals surface area contributed by atoms with E-state index in [1.807, 2.05) is 27.7 Å². The summed E-state index contributed by atoms with van der Waals surface area (Å²) in [6.07, 6.45) is 1.09. The lowest BCUT2D eigenvalue weighted by Gasteiger charge is -2.10. The van der Waals surface area contributed by atoms with Crippen LogP contribution in [0.2, 0.25) is 0 Å². The van der Waals surface area contributed by atoms with E-state index in [0.29, 0.717) is 5.56 Å². The molecule has 0 radical (unpaired) electrons. The maximum atomic E-state index is 12.9. The normalized spacial score (nSPS) is 10.9. The fraction of sp³-hybridized carbons (Fsp3) is 0.500. The van der Waals surface area contributed by atoms with Gasteiger partial charge in [-0.2, -0.15) is 0 Å². The molecule has 0 fully saturated rings. The topological polar surface area (TPSA) is 34.1 Å². The van der Waals surface area contributed by atoms with E-state index in [-0.39, 0.29) is 10.8 Å². The van der Waals surface area contributed by atoms with Gasteiger partial charge in [-0.15, -0.1) is 0 Å². The fourth-order valence-electron chi connectivity index (χ4n) is 1.31. The molecule has 0 bridgehead atoms. The van der Waals surface area contributed by atoms with Crippen molar-refractivity contribution in [3.05, 3.63) is 29.6 Å². The standard InChI is InChI=1S/C10H13FO2S.C2H6/c1-7(2)9-5-4-8(11)6-10(9)14(3,12)13;1-2/h4-7H,1-3H3;1-2H3. The van der Waals surface area contributed by atoms with Crippen LogP contribution in [0.1, 0.15) is 39.2 Å². The van der Waals surface area contributed by atoms with Gasteiger partial charge in [0.2, 0.25) is 0 Å². The maximum absolute atomic E-state index is 12.9. The summed E-state index contributed by atoms with van der Waals surface area (Å²) in [7, 11) is -3.34. The molecule has 0 atom stereocenters. The predicted molar refractivity (Wildman–Crippen MR) is 64.9 cm³/mol. The van der Waals surface area contributed by atoms with Crippen LogP contribution in [0.15, 0.2) is 23.1 Å². The van der Waals surface area contributed by atoms with Crippen LogP contribution >= 0.6 is 0 Å². The number of sulfone groups is 1. The molecule has 0 heterocycles. The molecule has 1 aromatic carbocycles. The quantitative estimate of drug-likeness (QED) is 0.801. The summed E-state index contributed by atoms with van der Waals surface area (Å²) in [6.45, 7) is 7.75. The SMILES string of the molecule is CC.CC(C)c1ccc(F)cc1S(C)(=O)=O. The summed E-state index contributed by atoms with van der Waals surface area (Å²) in [5, 5.41) is 0. The third-order valence-electron chi connectivity index (χ3n) is 2.00. The van der Waals surface area contributed by atoms with Gasteiger partial charge in [-0.25, -0.2) is 12.8 Å². The Morgan fingerprint density at radius 3 is 2.06 bits per heavy atom. The van der Waals surface area contributed by atoms with Crippen LogP contribution in [0.25, 0.3) is 0 Å². The second kappa shape index (κ2) is 5.99. The zero-order chi connectivity index (χ0) is 12.9. The molecule has 1 rings (SSSR count). The second-order valence-corrected chi connectivity index (χ2v) is 5.59. The molecule has 0 aliphatic heterocycles. The third kappa shape index (κ3) is 3.93. The summed E-state index contributed by atoms with van der Waals surface area (Å²) >= 11 is 0. The first-order valence-electron chi connectivity index (χ1n) is 5.32. The van der Waals surface area contributed by atoms with E-state index in [0.717, 1.165) is 12.3 Å². The highest BCUT2D eigenvalue weighted by molar-refractivity contribution is 7.90. The molecule has 2 nitrogen and oxygen atoms in total. The third-order valence-corrected chi connectivity index (χ3v) is 3.15. The van der Waals surface area contributed by atoms with Gasteiger partial charge in [0.05, 0.1) is 4.90 Å². The lowest BCUT2D eigenvalue weighted by molar-refractivity contribution is 0.592. The van der Waals surface area contributed by atoms with Crippen molar-refractivity contribution >= 4 is 9.84 Å². The molecule has 0 spiro atoms. The van der Waals surface area contributed by atoms with Crippen LogP contribution in [-0.4, -0.2) is 14.7 Å². The van der Waals surface area contributed by atoms with Crippen molar-refractivity contribution in [1.29, 1.82) is 0 Å². The average molecular weight is 246 g/mol. The smallest absolute Gasteiger partial charge is 0.175 e. The number of rotatable bonds is 2. The predicted octanol–water partition coefficient (Wildman–Crippen LogP) is 3.38. The molecule has 0 aromatic heterocycles. The van der Waals surface area contributed by atoms with Crippen LogP contribution in [0.3, 0.4) is 0 Å². The van der Waals surface area contributed by atoms with Gasteiger partial charge in [0.15, 0.2) is 9.84 Å². The molecule has 0 N–H and O–H groups in total. The Balaban J connectivity index is 0.00000106. The van der Waals surface area contributed by atoms with E-state index >= 15 is 0 Å². The van der Waals surface area contributed by atoms with Crippen molar-refractivity contribution in [2.75, 3.05) is 6.26 Å². The van der Waals surface area contributed by atoms with Crippen molar-refractivity contribution in [3.8, 4) is 0 Å². The average Bonchev–Trinajstić information content (AvgIpc) is 2.19. The van der Waals surface area contributed by atoms with Gasteiger partial charge in [-0.1, -0.05) is 33.8 Å². The molecule has 92 valence electrons. The van der Waals surface area contributed by atoms with E-state index in [1.165, 1.54) is 12.1 Å². The van der Waals surface area contributed by atoms with Crippen LogP contribution in [0.4, 0.5) is 4.39 Å². The van der Waals surface area contributed by atoms with Gasteiger partial charge < -0.3 is 0 Å². The fourth-order valence-corrected chi connectivity index (χ4v) is 2.36. The minimum atomic E-state index is -3.34. The second-order valence-electron chi connectivity index (χ2n) is 3.61. The van der Waals surface area contributed by atoms with Crippen molar-refractivity contribution in [2.24, 2.45) is 0 Å². The van der Waals surface area contributed by atoms with Gasteiger partial charge in [0.25, 0.3) is 0 Å². The monoisotopic (exact) mass is 246 g/mol. The molecule has 0 aliphatic rings. The maximum Gasteiger partial charge on any atom is 0.175 e. The molecule has 0 saturated carbocycles. The molecule has 0 aliphatic carbocycles. The van der Waals surface area contributed by atoms with Crippen molar-refractivity contribution < 1.29 is 12.8 Å². The van der Waals surface area contributed by atoms with Gasteiger partial charge in [0, 0.05) is 6.26 Å². The van der Waals surface area contributed by atoms with E-state index in [9.17, 15) is 12.8 Å². The summed E-state index contributed by atoms with van der Waals surface area (Å²) in [6, 6.07) is 3.88. The van der Waals surface area contributed by atoms with Crippen LogP contribution in [0, 0.1) is 5.82 Å². The molecular weight excluding hydrogens is 227 g/mol. The van der Waals surface area contributed by atoms with E-state index in [1.54, 1.807) is 0 Å². The highest BCUT2D eigenvalue weighted by Crippen LogP contribution is 2.24. The summed E-state index contributed by atoms with van der Waals surface area (Å²) in [4.78, 5) is 0.0903. The summed E-state index contributed by atoms with van der Waals surface area (Å²) in [5.74, 6) is -0.449. The first kappa shape index (κ1) is 15.1. The van der Waals surface area contributed by atoms with Crippen molar-refractivity contribution in [1.82, 2.24) is 0 Å². The molecule has 0 amide bonds. The molecule has 4 heteroatoms. The van der Waals surface area contributed by atoms with Gasteiger partial charge >= 0.3 is 0 Å². The van der Waals surface area contributed by atoms with E-state index in [2.05, 4.69) is 0 Å². The van der Waals surface area contributed by atoms with Crippen LogP contribution < -0.4 is 0 Å². The molecule has 0 unspecified atom stereocenters. The lowest BCUT2D eigenvalue weighted by atomic mass is 10.0. The summed E-state index contributed by atoms with van der Waals surface area (Å²) < 4.78 is 35.6. The Bertz CT molecular complexity index is 436. The number of hydrogen-bond acceptors (Lipinski definition) is 2. The van der Waals surface area contributed by atoms with Crippen molar-refractivity contribution in [2.45, 2.75) is 38.5 Å². The lowest BCUT2D eigenvalue weighted by Crippen LogP contribution is -2.04. The Labute approximate surface area is 97.4 Å². The van der Waals surface area contributed by atoms with Gasteiger partial charge in [0.1, 0.15) is 5.82 Å². The van der Waals surface area contributed by atoms with Crippen molar-refractivity contribution in [3.63, 3.8) is 0 Å². The van der Waals surface area contributed by atoms with E-state index < -0.39 is 15.7 Å². The Kier molecular flexibility index (Phi) is 5.65. The zero-order valence-corrected chi connectivity index (χ0v) is 11.2. The first-order chi connectivity index (χ1) is 7.32. The molecule has 0 saturated heterocycles. The highest BCUT2D eigenvalue weighted by Gasteiger charge is 2.16. The Hall–Kier alpha value is -0.900. The zero-order valence-electron chi connectivity index (χ0n) is 10.4. The minimum Gasteiger partial charge on any atom is -0.224 e. The summed E-state index contributed by atoms with van der Waals surface area (Å²) in [5.41, 5.74) is 0.661. The highest BCUT2D eigenvalue weighted by atomic mass is 32.2. The Morgan fingerprint density at radius 2 is 1.69 bits per heavy atom. The number of halogens is 1. The number of benzene rings is 1. The van der Waals surface area contributed by atoms with Gasteiger partial charge in [-0.3, -0.25) is 0 Å². The van der Waals surface area contributed by atoms with Gasteiger partial charge in [-0.05, 0) is 23.6 Å². The minimum absolute atomic E-state index is 0.0697. The molecule has 1 aromatic rings. The molecule has 16 heavy (non-hydrogen) atoms. The van der Waals surface area contributed by atoms with Crippen LogP contribution in [0.5, 0.6) is 0 Å². The van der Waals surface area contributed by atoms with E-state index in [4.69, 9.17) is 0 Å². The Morgan fingerprint density at radius 1 is 1.19 bits per heavy atom. The van der Waals surface area contributed by atoms with Crippen LogP contribution in [-0.2, 0) is 9.84 Å². The first-order valence-corrected chi connectivity index (χ1v) is 7.21. The largest absolute Gasteiger partial charge is 0.224 e. The number of hydrogen-bond donors (Lipinski definition) is 0. The molecular formula is C12H19FO2S.